The van der Waals surface area contributed by atoms with E-state index in [1.807, 2.05) is 6.21 Å². The molecule has 4 aliphatic rings. The molecule has 3 atom stereocenters. The first-order chi connectivity index (χ1) is 19.8. The molecule has 0 spiro atoms. The van der Waals surface area contributed by atoms with Gasteiger partial charge in [-0.15, -0.1) is 0 Å². The number of aliphatic imine (C=N–C) groups is 1. The normalized spacial score (nSPS) is 22.1. The fourth-order valence-electron chi connectivity index (χ4n) is 7.16. The number of benzene rings is 3. The largest absolute Gasteiger partial charge is 0.464 e. The maximum Gasteiger partial charge on any atom is 0.121 e. The van der Waals surface area contributed by atoms with E-state index in [1.165, 1.54) is 63.4 Å². The first-order valence-electron chi connectivity index (χ1n) is 14.3. The van der Waals surface area contributed by atoms with E-state index >= 15 is 0 Å². The van der Waals surface area contributed by atoms with Gasteiger partial charge in [0.15, 0.2) is 0 Å². The summed E-state index contributed by atoms with van der Waals surface area (Å²) in [7, 11) is 0. The molecular weight excluding hydrogens is 490 g/mol. The van der Waals surface area contributed by atoms with Gasteiger partial charge < -0.3 is 9.32 Å². The van der Waals surface area contributed by atoms with Crippen molar-refractivity contribution in [2.75, 3.05) is 4.90 Å². The summed E-state index contributed by atoms with van der Waals surface area (Å²) in [5.41, 5.74) is 10.9. The molecule has 0 fully saturated rings. The zero-order chi connectivity index (χ0) is 26.6. The molecule has 0 N–H and O–H groups in total. The van der Waals surface area contributed by atoms with E-state index in [1.54, 1.807) is 6.20 Å². The van der Waals surface area contributed by atoms with Crippen molar-refractivity contribution in [2.45, 2.75) is 50.0 Å². The van der Waals surface area contributed by atoms with E-state index in [0.717, 1.165) is 24.2 Å². The minimum absolute atomic E-state index is 0.135. The molecule has 2 aliphatic carbocycles. The van der Waals surface area contributed by atoms with Crippen molar-refractivity contribution in [3.63, 3.8) is 0 Å². The van der Waals surface area contributed by atoms with Gasteiger partial charge in [-0.25, -0.2) is 0 Å². The molecule has 0 saturated heterocycles. The number of anilines is 2. The maximum atomic E-state index is 9.32. The highest BCUT2D eigenvalue weighted by molar-refractivity contribution is 5.87. The Morgan fingerprint density at radius 2 is 1.70 bits per heavy atom. The third kappa shape index (κ3) is 3.54. The lowest BCUT2D eigenvalue weighted by Crippen LogP contribution is -2.30. The molecule has 8 rings (SSSR count). The fraction of sp³-hybridized carbons (Fsp3) is 0.222. The molecule has 2 aliphatic heterocycles. The Balaban J connectivity index is 1.19. The summed E-state index contributed by atoms with van der Waals surface area (Å²) in [6.45, 7) is 0. The Bertz CT molecular complexity index is 1760. The van der Waals surface area contributed by atoms with Crippen LogP contribution in [0.1, 0.15) is 64.9 Å². The summed E-state index contributed by atoms with van der Waals surface area (Å²) in [6, 6.07) is 28.8. The number of hydrogen-bond acceptors (Lipinski definition) is 4. The fourth-order valence-corrected chi connectivity index (χ4v) is 7.16. The van der Waals surface area contributed by atoms with Crippen molar-refractivity contribution >= 4 is 23.7 Å². The molecule has 194 valence electrons. The molecule has 4 nitrogen and oxygen atoms in total. The van der Waals surface area contributed by atoms with Gasteiger partial charge in [-0.05, 0) is 54.5 Å². The van der Waals surface area contributed by atoms with Crippen LogP contribution >= 0.6 is 0 Å². The molecule has 0 bridgehead atoms. The SMILES string of the molecule is N#CC1=CN=CC(c2ccc(-c3ccccc3N3c4ccccc4C4c5oc6c(c5C=CC43)CCCC6)cc2)C1. The molecule has 3 aromatic carbocycles. The summed E-state index contributed by atoms with van der Waals surface area (Å²) >= 11 is 0. The van der Waals surface area contributed by atoms with E-state index < -0.39 is 0 Å². The molecule has 0 radical (unpaired) electrons. The minimum atomic E-state index is 0.135. The standard InChI is InChI=1S/C36H29N3O/c37-20-23-19-26(22-38-21-23)24-13-15-25(16-14-24)27-7-1-4-10-31(27)39-32-11-5-2-9-30(32)35-33(39)18-17-29-28-8-3-6-12-34(28)40-36(29)35/h1-2,4-5,7,9-11,13-18,21-22,26,33,35H,3,6,8,12,19H2. The van der Waals surface area contributed by atoms with Crippen LogP contribution in [-0.2, 0) is 12.8 Å². The third-order valence-electron chi connectivity index (χ3n) is 9.05. The number of nitrogens with zero attached hydrogens (tertiary/aromatic N) is 3. The van der Waals surface area contributed by atoms with Crippen molar-refractivity contribution in [1.82, 2.24) is 0 Å². The van der Waals surface area contributed by atoms with E-state index in [0.29, 0.717) is 6.42 Å². The Kier molecular flexibility index (Phi) is 5.38. The van der Waals surface area contributed by atoms with Gasteiger partial charge >= 0.3 is 0 Å². The minimum Gasteiger partial charge on any atom is -0.464 e. The third-order valence-corrected chi connectivity index (χ3v) is 9.05. The van der Waals surface area contributed by atoms with Crippen LogP contribution in [0, 0.1) is 11.3 Å². The van der Waals surface area contributed by atoms with Crippen LogP contribution < -0.4 is 4.90 Å². The number of rotatable bonds is 3. The number of fused-ring (bicyclic) bond motifs is 7. The first-order valence-corrected chi connectivity index (χ1v) is 14.3. The van der Waals surface area contributed by atoms with Crippen LogP contribution in [0.3, 0.4) is 0 Å². The highest BCUT2D eigenvalue weighted by Crippen LogP contribution is 2.54. The molecule has 40 heavy (non-hydrogen) atoms. The lowest BCUT2D eigenvalue weighted by atomic mass is 9.83. The molecule has 4 aromatic rings. The van der Waals surface area contributed by atoms with Crippen molar-refractivity contribution in [3.05, 3.63) is 124 Å². The molecule has 0 amide bonds. The highest BCUT2D eigenvalue weighted by Gasteiger charge is 2.44. The van der Waals surface area contributed by atoms with E-state index in [4.69, 9.17) is 4.42 Å². The Morgan fingerprint density at radius 1 is 0.900 bits per heavy atom. The summed E-state index contributed by atoms with van der Waals surface area (Å²) < 4.78 is 6.67. The van der Waals surface area contributed by atoms with E-state index in [2.05, 4.69) is 101 Å². The average Bonchev–Trinajstić information content (AvgIpc) is 3.57. The number of furan rings is 1. The number of hydrogen-bond donors (Lipinski definition) is 0. The smallest absolute Gasteiger partial charge is 0.121 e. The summed E-state index contributed by atoms with van der Waals surface area (Å²) in [5.74, 6) is 2.68. The van der Waals surface area contributed by atoms with E-state index in [9.17, 15) is 5.26 Å². The summed E-state index contributed by atoms with van der Waals surface area (Å²) in [5, 5.41) is 9.32. The second-order valence-corrected chi connectivity index (χ2v) is 11.3. The van der Waals surface area contributed by atoms with Gasteiger partial charge in [-0.2, -0.15) is 5.26 Å². The van der Waals surface area contributed by atoms with Crippen LogP contribution in [-0.4, -0.2) is 12.3 Å². The quantitative estimate of drug-likeness (QED) is 0.273. The monoisotopic (exact) mass is 519 g/mol. The average molecular weight is 520 g/mol. The van der Waals surface area contributed by atoms with Gasteiger partial charge in [0.2, 0.25) is 0 Å². The van der Waals surface area contributed by atoms with Crippen LogP contribution in [0.2, 0.25) is 0 Å². The molecule has 4 heteroatoms. The summed E-state index contributed by atoms with van der Waals surface area (Å²) in [6.07, 6.45) is 13.7. The number of aryl methyl sites for hydroxylation is 1. The van der Waals surface area contributed by atoms with Crippen LogP contribution in [0.4, 0.5) is 11.4 Å². The molecular formula is C36H29N3O. The maximum absolute atomic E-state index is 9.32. The Morgan fingerprint density at radius 3 is 2.58 bits per heavy atom. The predicted molar refractivity (Wildman–Crippen MR) is 160 cm³/mol. The molecule has 1 aromatic heterocycles. The Labute approximate surface area is 234 Å². The second kappa shape index (κ2) is 9.24. The van der Waals surface area contributed by atoms with Crippen molar-refractivity contribution in [2.24, 2.45) is 4.99 Å². The van der Waals surface area contributed by atoms with Crippen molar-refractivity contribution in [3.8, 4) is 17.2 Å². The second-order valence-electron chi connectivity index (χ2n) is 11.3. The molecule has 0 saturated carbocycles. The zero-order valence-corrected chi connectivity index (χ0v) is 22.3. The van der Waals surface area contributed by atoms with Gasteiger partial charge in [0.05, 0.1) is 18.0 Å². The lowest BCUT2D eigenvalue weighted by molar-refractivity contribution is 0.424. The number of para-hydroxylation sites is 2. The van der Waals surface area contributed by atoms with Crippen molar-refractivity contribution in [1.29, 1.82) is 5.26 Å². The van der Waals surface area contributed by atoms with Gasteiger partial charge in [-0.3, -0.25) is 4.99 Å². The number of nitriles is 1. The zero-order valence-electron chi connectivity index (χ0n) is 22.3. The van der Waals surface area contributed by atoms with Crippen LogP contribution in [0.15, 0.2) is 100 Å². The van der Waals surface area contributed by atoms with Crippen LogP contribution in [0.25, 0.3) is 17.2 Å². The predicted octanol–water partition coefficient (Wildman–Crippen LogP) is 8.47. The topological polar surface area (TPSA) is 52.5 Å². The van der Waals surface area contributed by atoms with Gasteiger partial charge in [0.1, 0.15) is 11.5 Å². The molecule has 3 heterocycles. The highest BCUT2D eigenvalue weighted by atomic mass is 16.3. The number of allylic oxidation sites excluding steroid dienone is 1. The Hall–Kier alpha value is -4.62. The van der Waals surface area contributed by atoms with Gasteiger partial charge in [0, 0.05) is 58.4 Å². The molecule has 3 unspecified atom stereocenters. The summed E-state index contributed by atoms with van der Waals surface area (Å²) in [4.78, 5) is 6.82. The van der Waals surface area contributed by atoms with Gasteiger partial charge in [0.25, 0.3) is 0 Å². The van der Waals surface area contributed by atoms with E-state index in [-0.39, 0.29) is 17.9 Å². The van der Waals surface area contributed by atoms with Gasteiger partial charge in [-0.1, -0.05) is 72.8 Å². The van der Waals surface area contributed by atoms with Crippen LogP contribution in [0.5, 0.6) is 0 Å². The lowest BCUT2D eigenvalue weighted by Gasteiger charge is -2.31. The first kappa shape index (κ1) is 23.3. The van der Waals surface area contributed by atoms with Crippen molar-refractivity contribution < 1.29 is 4.42 Å².